The molecule has 4 nitrogen and oxygen atoms in total. The van der Waals surface area contributed by atoms with Crippen molar-refractivity contribution in [1.82, 2.24) is 9.80 Å². The maximum absolute atomic E-state index is 14.0. The van der Waals surface area contributed by atoms with Gasteiger partial charge in [0.05, 0.1) is 4.88 Å². The van der Waals surface area contributed by atoms with Crippen LogP contribution in [0, 0.1) is 5.82 Å². The second-order valence-corrected chi connectivity index (χ2v) is 7.68. The molecule has 6 heteroatoms. The maximum atomic E-state index is 14.0. The number of nitrogens with zero attached hydrogens (tertiary/aromatic N) is 2. The molecule has 1 saturated heterocycles. The van der Waals surface area contributed by atoms with E-state index in [0.717, 1.165) is 4.88 Å². The zero-order valence-electron chi connectivity index (χ0n) is 15.2. The predicted molar refractivity (Wildman–Crippen MR) is 108 cm³/mol. The first-order chi connectivity index (χ1) is 13.6. The minimum absolute atomic E-state index is 0.00865. The number of benzene rings is 2. The van der Waals surface area contributed by atoms with Crippen molar-refractivity contribution in [3.63, 3.8) is 0 Å². The number of thiophene rings is 1. The summed E-state index contributed by atoms with van der Waals surface area (Å²) < 4.78 is 14.0. The molecule has 0 radical (unpaired) electrons. The topological polar surface area (TPSA) is 40.6 Å². The Balaban J connectivity index is 1.41. The fourth-order valence-corrected chi connectivity index (χ4v) is 4.29. The minimum atomic E-state index is -0.295. The van der Waals surface area contributed by atoms with Gasteiger partial charge in [-0.1, -0.05) is 36.4 Å². The molecule has 142 valence electrons. The van der Waals surface area contributed by atoms with Crippen molar-refractivity contribution in [3.05, 3.63) is 83.0 Å². The molecule has 28 heavy (non-hydrogen) atoms. The summed E-state index contributed by atoms with van der Waals surface area (Å²) in [5, 5.41) is 0. The van der Waals surface area contributed by atoms with E-state index in [-0.39, 0.29) is 17.6 Å². The van der Waals surface area contributed by atoms with Crippen molar-refractivity contribution in [2.75, 3.05) is 26.2 Å². The first kappa shape index (κ1) is 18.4. The van der Waals surface area contributed by atoms with Gasteiger partial charge < -0.3 is 9.80 Å². The molecule has 2 aromatic carbocycles. The lowest BCUT2D eigenvalue weighted by Crippen LogP contribution is -2.50. The van der Waals surface area contributed by atoms with E-state index in [4.69, 9.17) is 0 Å². The predicted octanol–water partition coefficient (Wildman–Crippen LogP) is 4.15. The van der Waals surface area contributed by atoms with Crippen LogP contribution < -0.4 is 0 Å². The van der Waals surface area contributed by atoms with Gasteiger partial charge in [-0.2, -0.15) is 0 Å². The fourth-order valence-electron chi connectivity index (χ4n) is 3.29. The summed E-state index contributed by atoms with van der Waals surface area (Å²) >= 11 is 1.29. The van der Waals surface area contributed by atoms with Gasteiger partial charge >= 0.3 is 0 Å². The summed E-state index contributed by atoms with van der Waals surface area (Å²) in [4.78, 5) is 30.2. The normalized spacial score (nSPS) is 14.2. The molecule has 0 unspecified atom stereocenters. The lowest BCUT2D eigenvalue weighted by molar-refractivity contribution is 0.0538. The Bertz CT molecular complexity index is 995. The van der Waals surface area contributed by atoms with Gasteiger partial charge in [0.1, 0.15) is 5.82 Å². The van der Waals surface area contributed by atoms with E-state index < -0.39 is 0 Å². The number of hydrogen-bond acceptors (Lipinski definition) is 3. The third kappa shape index (κ3) is 3.68. The third-order valence-corrected chi connectivity index (χ3v) is 5.94. The Morgan fingerprint density at radius 2 is 1.36 bits per heavy atom. The van der Waals surface area contributed by atoms with Crippen LogP contribution >= 0.6 is 11.3 Å². The van der Waals surface area contributed by atoms with Crippen LogP contribution in [-0.2, 0) is 0 Å². The van der Waals surface area contributed by atoms with E-state index in [2.05, 4.69) is 0 Å². The molecule has 1 aromatic heterocycles. The lowest BCUT2D eigenvalue weighted by Gasteiger charge is -2.34. The molecule has 0 N–H and O–H groups in total. The van der Waals surface area contributed by atoms with Gasteiger partial charge in [0, 0.05) is 42.2 Å². The summed E-state index contributed by atoms with van der Waals surface area (Å²) in [5.74, 6) is -0.374. The molecule has 0 spiro atoms. The average molecular weight is 394 g/mol. The molecule has 2 amide bonds. The third-order valence-electron chi connectivity index (χ3n) is 4.83. The second kappa shape index (κ2) is 7.94. The number of amides is 2. The van der Waals surface area contributed by atoms with Gasteiger partial charge in [-0.3, -0.25) is 9.59 Å². The van der Waals surface area contributed by atoms with E-state index in [0.29, 0.717) is 42.2 Å². The van der Waals surface area contributed by atoms with Gasteiger partial charge in [0.25, 0.3) is 11.8 Å². The first-order valence-corrected chi connectivity index (χ1v) is 9.93. The zero-order valence-corrected chi connectivity index (χ0v) is 16.0. The van der Waals surface area contributed by atoms with Crippen molar-refractivity contribution in [2.45, 2.75) is 0 Å². The molecule has 0 atom stereocenters. The van der Waals surface area contributed by atoms with Crippen molar-refractivity contribution in [3.8, 4) is 10.4 Å². The van der Waals surface area contributed by atoms with Gasteiger partial charge in [0.2, 0.25) is 0 Å². The van der Waals surface area contributed by atoms with Crippen LogP contribution in [0.5, 0.6) is 0 Å². The van der Waals surface area contributed by atoms with Crippen molar-refractivity contribution in [2.24, 2.45) is 0 Å². The van der Waals surface area contributed by atoms with Gasteiger partial charge in [-0.15, -0.1) is 11.3 Å². The smallest absolute Gasteiger partial charge is 0.264 e. The molecular formula is C22H19FN2O2S. The molecule has 2 heterocycles. The summed E-state index contributed by atoms with van der Waals surface area (Å²) in [7, 11) is 0. The molecule has 0 saturated carbocycles. The Morgan fingerprint density at radius 1 is 0.750 bits per heavy atom. The highest BCUT2D eigenvalue weighted by Crippen LogP contribution is 2.30. The Morgan fingerprint density at radius 3 is 2.04 bits per heavy atom. The van der Waals surface area contributed by atoms with Crippen LogP contribution in [0.4, 0.5) is 4.39 Å². The van der Waals surface area contributed by atoms with Gasteiger partial charge in [-0.05, 0) is 30.3 Å². The van der Waals surface area contributed by atoms with Crippen LogP contribution in [0.1, 0.15) is 20.0 Å². The summed E-state index contributed by atoms with van der Waals surface area (Å²) in [6.45, 7) is 1.99. The van der Waals surface area contributed by atoms with Crippen molar-refractivity contribution < 1.29 is 14.0 Å². The van der Waals surface area contributed by atoms with Crippen LogP contribution in [0.2, 0.25) is 0 Å². The molecule has 0 bridgehead atoms. The standard InChI is InChI=1S/C22H19FN2O2S/c23-18-9-5-4-8-17(18)19-10-11-20(28-19)22(27)25-14-12-24(13-15-25)21(26)16-6-2-1-3-7-16/h1-11H,12-15H2. The summed E-state index contributed by atoms with van der Waals surface area (Å²) in [6, 6.07) is 19.3. The average Bonchev–Trinajstić information content (AvgIpc) is 3.24. The van der Waals surface area contributed by atoms with E-state index in [1.54, 1.807) is 52.3 Å². The Kier molecular flexibility index (Phi) is 5.21. The molecule has 1 aliphatic heterocycles. The van der Waals surface area contributed by atoms with Crippen LogP contribution in [-0.4, -0.2) is 47.8 Å². The fraction of sp³-hybridized carbons (Fsp3) is 0.182. The van der Waals surface area contributed by atoms with Crippen LogP contribution in [0.25, 0.3) is 10.4 Å². The SMILES string of the molecule is O=C(c1ccccc1)N1CCN(C(=O)c2ccc(-c3ccccc3F)s2)CC1. The van der Waals surface area contributed by atoms with E-state index in [1.165, 1.54) is 17.4 Å². The van der Waals surface area contributed by atoms with E-state index >= 15 is 0 Å². The van der Waals surface area contributed by atoms with Gasteiger partial charge in [-0.25, -0.2) is 4.39 Å². The second-order valence-electron chi connectivity index (χ2n) is 6.59. The lowest BCUT2D eigenvalue weighted by atomic mass is 10.2. The largest absolute Gasteiger partial charge is 0.335 e. The van der Waals surface area contributed by atoms with Crippen LogP contribution in [0.15, 0.2) is 66.7 Å². The first-order valence-electron chi connectivity index (χ1n) is 9.12. The number of rotatable bonds is 3. The quantitative estimate of drug-likeness (QED) is 0.670. The molecule has 3 aromatic rings. The maximum Gasteiger partial charge on any atom is 0.264 e. The highest BCUT2D eigenvalue weighted by Gasteiger charge is 2.26. The number of carbonyl (C=O) groups is 2. The number of piperazine rings is 1. The van der Waals surface area contributed by atoms with Gasteiger partial charge in [0.15, 0.2) is 0 Å². The Hall–Kier alpha value is -2.99. The van der Waals surface area contributed by atoms with Crippen molar-refractivity contribution >= 4 is 23.2 Å². The monoisotopic (exact) mass is 394 g/mol. The molecule has 4 rings (SSSR count). The Labute approximate surface area is 166 Å². The molecule has 0 aliphatic carbocycles. The highest BCUT2D eigenvalue weighted by atomic mass is 32.1. The van der Waals surface area contributed by atoms with E-state index in [9.17, 15) is 14.0 Å². The minimum Gasteiger partial charge on any atom is -0.335 e. The van der Waals surface area contributed by atoms with Crippen molar-refractivity contribution in [1.29, 1.82) is 0 Å². The number of carbonyl (C=O) groups excluding carboxylic acids is 2. The summed E-state index contributed by atoms with van der Waals surface area (Å²) in [6.07, 6.45) is 0. The molecule has 1 aliphatic rings. The molecule has 1 fully saturated rings. The number of hydrogen-bond donors (Lipinski definition) is 0. The summed E-state index contributed by atoms with van der Waals surface area (Å²) in [5.41, 5.74) is 1.17. The molecular weight excluding hydrogens is 375 g/mol. The highest BCUT2D eigenvalue weighted by molar-refractivity contribution is 7.17. The van der Waals surface area contributed by atoms with Crippen LogP contribution in [0.3, 0.4) is 0 Å². The zero-order chi connectivity index (χ0) is 19.5. The van der Waals surface area contributed by atoms with E-state index in [1.807, 2.05) is 18.2 Å². The number of halogens is 1.